The number of carbonyl (C=O) groups excluding carboxylic acids is 1. The summed E-state index contributed by atoms with van der Waals surface area (Å²) in [6.45, 7) is -2.29. The minimum atomic E-state index is -4.84. The Morgan fingerprint density at radius 3 is 2.48 bits per heavy atom. The number of alkyl halides is 6. The highest BCUT2D eigenvalue weighted by Crippen LogP contribution is 2.32. The van der Waals surface area contributed by atoms with Crippen LogP contribution in [0, 0.1) is 5.82 Å². The molecule has 3 rings (SSSR count). The summed E-state index contributed by atoms with van der Waals surface area (Å²) in [6, 6.07) is 4.37. The second-order valence-corrected chi connectivity index (χ2v) is 6.71. The molecular weight excluding hydrogens is 489 g/mol. The fourth-order valence-corrected chi connectivity index (χ4v) is 2.53. The quantitative estimate of drug-likeness (QED) is 0.490. The van der Waals surface area contributed by atoms with Gasteiger partial charge in [0.15, 0.2) is 6.61 Å². The molecule has 0 radical (unpaired) electrons. The van der Waals surface area contributed by atoms with Gasteiger partial charge in [-0.3, -0.25) is 4.79 Å². The first-order valence-electron chi connectivity index (χ1n) is 8.66. The van der Waals surface area contributed by atoms with E-state index in [1.54, 1.807) is 0 Å². The van der Waals surface area contributed by atoms with E-state index in [4.69, 9.17) is 11.6 Å². The Morgan fingerprint density at radius 1 is 1.15 bits per heavy atom. The molecule has 0 unspecified atom stereocenters. The minimum absolute atomic E-state index is 0.00273. The highest BCUT2D eigenvalue weighted by atomic mass is 35.5. The summed E-state index contributed by atoms with van der Waals surface area (Å²) in [5.74, 6) is -4.41. The van der Waals surface area contributed by atoms with Gasteiger partial charge < -0.3 is 14.6 Å². The van der Waals surface area contributed by atoms with Crippen LogP contribution >= 0.6 is 11.6 Å². The molecule has 0 aliphatic heterocycles. The largest absolute Gasteiger partial charge is 0.468 e. The first kappa shape index (κ1) is 24.2. The molecule has 7 nitrogen and oxygen atoms in total. The average molecular weight is 499 g/mol. The lowest BCUT2D eigenvalue weighted by Crippen LogP contribution is -2.24. The Morgan fingerprint density at radius 2 is 1.88 bits per heavy atom. The van der Waals surface area contributed by atoms with Crippen molar-refractivity contribution in [2.75, 3.05) is 6.61 Å². The number of benzene rings is 1. The van der Waals surface area contributed by atoms with Crippen molar-refractivity contribution in [2.45, 2.75) is 18.9 Å². The number of nitrogens with one attached hydrogen (secondary N) is 1. The molecule has 0 saturated heterocycles. The fraction of sp³-hybridized carbons (Fsp3) is 0.222. The van der Waals surface area contributed by atoms with Crippen molar-refractivity contribution in [1.82, 2.24) is 20.4 Å². The van der Waals surface area contributed by atoms with E-state index in [1.807, 2.05) is 0 Å². The van der Waals surface area contributed by atoms with E-state index < -0.39 is 54.8 Å². The average Bonchev–Trinajstić information content (AvgIpc) is 3.21. The molecule has 15 heteroatoms. The van der Waals surface area contributed by atoms with E-state index >= 15 is 0 Å². The Kier molecular flexibility index (Phi) is 6.76. The second kappa shape index (κ2) is 9.21. The number of hydrogen-bond donors (Lipinski definition) is 1. The number of aromatic nitrogens is 3. The molecule has 0 fully saturated rings. The zero-order valence-electron chi connectivity index (χ0n) is 15.9. The van der Waals surface area contributed by atoms with Crippen molar-refractivity contribution in [3.8, 4) is 17.0 Å². The number of pyridine rings is 1. The second-order valence-electron chi connectivity index (χ2n) is 6.30. The van der Waals surface area contributed by atoms with Gasteiger partial charge in [0.05, 0.1) is 17.1 Å². The number of amides is 1. The van der Waals surface area contributed by atoms with Gasteiger partial charge in [0.25, 0.3) is 11.7 Å². The van der Waals surface area contributed by atoms with E-state index in [2.05, 4.69) is 29.7 Å². The maximum Gasteiger partial charge on any atom is 0.455 e. The van der Waals surface area contributed by atoms with Gasteiger partial charge in [0.2, 0.25) is 11.8 Å². The van der Waals surface area contributed by atoms with Crippen LogP contribution in [0.3, 0.4) is 0 Å². The van der Waals surface area contributed by atoms with Gasteiger partial charge in [-0.1, -0.05) is 22.8 Å². The predicted octanol–water partition coefficient (Wildman–Crippen LogP) is 4.81. The summed E-state index contributed by atoms with van der Waals surface area (Å²) in [4.78, 5) is 19.1. The number of rotatable bonds is 6. The van der Waals surface area contributed by atoms with Crippen molar-refractivity contribution in [3.63, 3.8) is 0 Å². The van der Waals surface area contributed by atoms with Crippen molar-refractivity contribution < 1.29 is 44.8 Å². The summed E-state index contributed by atoms with van der Waals surface area (Å²) in [5.41, 5.74) is -0.391. The third kappa shape index (κ3) is 6.31. The van der Waals surface area contributed by atoms with Gasteiger partial charge in [-0.15, -0.1) is 0 Å². The first-order valence-corrected chi connectivity index (χ1v) is 9.04. The van der Waals surface area contributed by atoms with Gasteiger partial charge in [-0.05, 0) is 23.8 Å². The normalized spacial score (nSPS) is 12.0. The lowest BCUT2D eigenvalue weighted by atomic mass is 10.0. The molecule has 0 atom stereocenters. The zero-order chi connectivity index (χ0) is 24.4. The van der Waals surface area contributed by atoms with Crippen LogP contribution < -0.4 is 10.1 Å². The van der Waals surface area contributed by atoms with Crippen LogP contribution in [0.5, 0.6) is 5.88 Å². The first-order chi connectivity index (χ1) is 15.3. The predicted molar refractivity (Wildman–Crippen MR) is 96.7 cm³/mol. The van der Waals surface area contributed by atoms with E-state index in [0.717, 1.165) is 24.4 Å². The van der Waals surface area contributed by atoms with Crippen LogP contribution in [-0.2, 0) is 12.7 Å². The maximum atomic E-state index is 13.9. The summed E-state index contributed by atoms with van der Waals surface area (Å²) in [6.07, 6.45) is -8.67. The zero-order valence-corrected chi connectivity index (χ0v) is 16.6. The molecule has 3 aromatic rings. The van der Waals surface area contributed by atoms with Gasteiger partial charge >= 0.3 is 12.4 Å². The highest BCUT2D eigenvalue weighted by Gasteiger charge is 2.37. The van der Waals surface area contributed by atoms with Gasteiger partial charge in [-0.2, -0.15) is 31.3 Å². The molecule has 1 amide bonds. The number of nitrogens with zero attached hydrogens (tertiary/aromatic N) is 3. The van der Waals surface area contributed by atoms with E-state index in [-0.39, 0.29) is 21.7 Å². The lowest BCUT2D eigenvalue weighted by molar-refractivity contribution is -0.154. The standard InChI is InChI=1S/C18H10ClF7N4O3/c19-11-2-1-8(4-12(11)20)10-3-9(5-28-15(10)32-7-17(21,22)23)14(31)27-6-13-29-16(30-33-13)18(24,25)26/h1-5H,6-7H2,(H,27,31). The fourth-order valence-electron chi connectivity index (χ4n) is 2.41. The van der Waals surface area contributed by atoms with E-state index in [9.17, 15) is 35.5 Å². The summed E-state index contributed by atoms with van der Waals surface area (Å²) >= 11 is 5.61. The Bertz CT molecular complexity index is 1160. The molecule has 1 N–H and O–H groups in total. The third-order valence-electron chi connectivity index (χ3n) is 3.84. The molecule has 0 spiro atoms. The van der Waals surface area contributed by atoms with Crippen LogP contribution in [0.1, 0.15) is 22.1 Å². The van der Waals surface area contributed by atoms with Crippen LogP contribution in [0.25, 0.3) is 11.1 Å². The van der Waals surface area contributed by atoms with Gasteiger partial charge in [-0.25, -0.2) is 9.37 Å². The Balaban J connectivity index is 1.85. The van der Waals surface area contributed by atoms with E-state index in [1.165, 1.54) is 6.07 Å². The molecule has 0 aliphatic carbocycles. The molecule has 2 aromatic heterocycles. The monoisotopic (exact) mass is 498 g/mol. The Hall–Kier alpha value is -3.42. The smallest absolute Gasteiger partial charge is 0.455 e. The van der Waals surface area contributed by atoms with E-state index in [0.29, 0.717) is 0 Å². The van der Waals surface area contributed by atoms with Crippen molar-refractivity contribution in [1.29, 1.82) is 0 Å². The van der Waals surface area contributed by atoms with Gasteiger partial charge in [0, 0.05) is 11.8 Å². The highest BCUT2D eigenvalue weighted by molar-refractivity contribution is 6.30. The summed E-state index contributed by atoms with van der Waals surface area (Å²) in [5, 5.41) is 4.67. The Labute approximate surface area is 184 Å². The minimum Gasteiger partial charge on any atom is -0.468 e. The van der Waals surface area contributed by atoms with Crippen LogP contribution in [0.15, 0.2) is 35.0 Å². The molecule has 176 valence electrons. The molecule has 2 heterocycles. The van der Waals surface area contributed by atoms with Crippen LogP contribution in [-0.4, -0.2) is 33.8 Å². The molecule has 0 saturated carbocycles. The topological polar surface area (TPSA) is 90.1 Å². The summed E-state index contributed by atoms with van der Waals surface area (Å²) in [7, 11) is 0. The number of halogens is 8. The molecular formula is C18H10ClF7N4O3. The maximum absolute atomic E-state index is 13.9. The van der Waals surface area contributed by atoms with Crippen molar-refractivity contribution in [2.24, 2.45) is 0 Å². The SMILES string of the molecule is O=C(NCc1nc(C(F)(F)F)no1)c1cnc(OCC(F)(F)F)c(-c2ccc(Cl)c(F)c2)c1. The molecule has 0 bridgehead atoms. The third-order valence-corrected chi connectivity index (χ3v) is 4.14. The molecule has 0 aliphatic rings. The number of hydrogen-bond acceptors (Lipinski definition) is 6. The van der Waals surface area contributed by atoms with Gasteiger partial charge in [0.1, 0.15) is 5.82 Å². The van der Waals surface area contributed by atoms with Crippen molar-refractivity contribution >= 4 is 17.5 Å². The van der Waals surface area contributed by atoms with Crippen molar-refractivity contribution in [3.05, 3.63) is 58.6 Å². The summed E-state index contributed by atoms with van der Waals surface area (Å²) < 4.78 is 98.1. The molecule has 33 heavy (non-hydrogen) atoms. The van der Waals surface area contributed by atoms with Crippen LogP contribution in [0.2, 0.25) is 5.02 Å². The number of ether oxygens (including phenoxy) is 1. The lowest BCUT2D eigenvalue weighted by Gasteiger charge is -2.14. The number of carbonyl (C=O) groups is 1. The molecule has 1 aromatic carbocycles. The van der Waals surface area contributed by atoms with Crippen LogP contribution in [0.4, 0.5) is 30.7 Å².